The molecule has 0 aliphatic rings. The molecule has 0 N–H and O–H groups in total. The zero-order valence-corrected chi connectivity index (χ0v) is 77.4. The predicted molar refractivity (Wildman–Crippen MR) is 577 cm³/mol. The lowest BCUT2D eigenvalue weighted by molar-refractivity contribution is 1.18. The molecule has 1 aromatic heterocycles. The van der Waals surface area contributed by atoms with E-state index in [1.54, 1.807) is 0 Å². The average molecular weight is 1900 g/mol. The second-order valence-corrected chi connectivity index (χ2v) is 35.8. The summed E-state index contributed by atoms with van der Waals surface area (Å²) in [4.78, 5) is 7.08. The summed E-state index contributed by atoms with van der Waals surface area (Å²) in [5, 5.41) is 9.81. The van der Waals surface area contributed by atoms with E-state index in [0.717, 1.165) is 70.3 Å². The molecule has 0 aliphatic carbocycles. The molecule has 22 aromatic carbocycles. The Labute approximate surface area is 801 Å². The van der Waals surface area contributed by atoms with E-state index in [9.17, 15) is 0 Å². The molecular formula is C126H87Br3N4. The maximum Gasteiger partial charge on any atom is 0.0562 e. The Hall–Kier alpha value is -15.7. The zero-order chi connectivity index (χ0) is 89.3. The van der Waals surface area contributed by atoms with Gasteiger partial charge in [-0.05, 0) is 280 Å². The molecule has 0 atom stereocenters. The third-order valence-corrected chi connectivity index (χ3v) is 26.4. The summed E-state index contributed by atoms with van der Waals surface area (Å²) in [6.07, 6.45) is 0. The van der Waals surface area contributed by atoms with Gasteiger partial charge in [0.2, 0.25) is 0 Å². The van der Waals surface area contributed by atoms with Crippen molar-refractivity contribution in [2.75, 3.05) is 14.7 Å². The summed E-state index contributed by atoms with van der Waals surface area (Å²) >= 11 is 10.9. The number of halogens is 3. The van der Waals surface area contributed by atoms with E-state index in [0.29, 0.717) is 0 Å². The van der Waals surface area contributed by atoms with Gasteiger partial charge < -0.3 is 19.3 Å². The minimum absolute atomic E-state index is 1.07. The van der Waals surface area contributed by atoms with Crippen molar-refractivity contribution in [1.82, 2.24) is 4.57 Å². The van der Waals surface area contributed by atoms with Gasteiger partial charge in [-0.3, -0.25) is 0 Å². The van der Waals surface area contributed by atoms with E-state index >= 15 is 0 Å². The minimum atomic E-state index is 1.07. The number of hydrogen-bond donors (Lipinski definition) is 0. The van der Waals surface area contributed by atoms with Gasteiger partial charge in [-0.15, -0.1) is 0 Å². The van der Waals surface area contributed by atoms with Crippen molar-refractivity contribution < 1.29 is 0 Å². The monoisotopic (exact) mass is 1890 g/mol. The van der Waals surface area contributed by atoms with E-state index in [-0.39, 0.29) is 0 Å². The molecule has 0 amide bonds. The fraction of sp³-hybridized carbons (Fsp3) is 0. The van der Waals surface area contributed by atoms with Crippen molar-refractivity contribution in [3.8, 4) is 94.7 Å². The van der Waals surface area contributed by atoms with Crippen molar-refractivity contribution in [1.29, 1.82) is 0 Å². The lowest BCUT2D eigenvalue weighted by Crippen LogP contribution is -2.10. The number of nitrogens with zero attached hydrogens (tertiary/aromatic N) is 4. The van der Waals surface area contributed by atoms with Crippen LogP contribution < -0.4 is 14.7 Å². The fourth-order valence-electron chi connectivity index (χ4n) is 18.6. The molecule has 0 aliphatic heterocycles. The quantitative estimate of drug-likeness (QED) is 0.0796. The first-order valence-electron chi connectivity index (χ1n) is 44.8. The fourth-order valence-corrected chi connectivity index (χ4v) is 19.4. The number of anilines is 9. The average Bonchev–Trinajstić information content (AvgIpc) is 1.24. The van der Waals surface area contributed by atoms with E-state index in [2.05, 4.69) is 595 Å². The maximum atomic E-state index is 3.78. The van der Waals surface area contributed by atoms with Crippen molar-refractivity contribution >= 4 is 153 Å². The smallest absolute Gasteiger partial charge is 0.0562 e. The van der Waals surface area contributed by atoms with Crippen molar-refractivity contribution in [2.24, 2.45) is 0 Å². The van der Waals surface area contributed by atoms with Crippen LogP contribution in [0.2, 0.25) is 0 Å². The Kier molecular flexibility index (Phi) is 24.4. The topological polar surface area (TPSA) is 14.7 Å². The number of fused-ring (bicyclic) bond motifs is 6. The first kappa shape index (κ1) is 84.1. The molecule has 0 spiro atoms. The van der Waals surface area contributed by atoms with Crippen LogP contribution in [0.1, 0.15) is 0 Å². The summed E-state index contributed by atoms with van der Waals surface area (Å²) in [6.45, 7) is 0. The molecule has 0 saturated carbocycles. The van der Waals surface area contributed by atoms with Crippen molar-refractivity contribution in [3.63, 3.8) is 0 Å². The van der Waals surface area contributed by atoms with Crippen LogP contribution in [0.3, 0.4) is 0 Å². The summed E-state index contributed by atoms with van der Waals surface area (Å²) in [7, 11) is 0. The van der Waals surface area contributed by atoms with Crippen LogP contribution in [0.25, 0.3) is 149 Å². The Morgan fingerprint density at radius 3 is 0.932 bits per heavy atom. The molecular weight excluding hydrogens is 1810 g/mol. The van der Waals surface area contributed by atoms with Crippen LogP contribution in [0, 0.1) is 0 Å². The van der Waals surface area contributed by atoms with Crippen molar-refractivity contribution in [2.45, 2.75) is 0 Å². The van der Waals surface area contributed by atoms with Gasteiger partial charge in [0.05, 0.1) is 22.4 Å². The molecule has 0 unspecified atom stereocenters. The number of para-hydroxylation sites is 5. The van der Waals surface area contributed by atoms with Crippen LogP contribution in [-0.4, -0.2) is 4.57 Å². The standard InChI is InChI=1S/C48H33BrN2.C42H28BrN.C36H26BrN/c49-40-27-21-36(22-28-40)38-13-9-14-39(33-38)37-25-31-43(32-26-37)50(42-29-23-35(24-30-42)34-11-3-1-4-12-34)46-19-10-20-47-48(46)44-17-7-8-18-45(44)51(47)41-15-5-2-6-16-41;43-32-23-25-36-38(27-32)41(30-14-4-1-5-15-30)37-26-24-34(28-39(37)42(36)31-16-6-2-7-17-31)44(33-19-8-3-9-20-33)40-22-12-18-29-13-10-11-21-35(29)40;37-33-23-19-31(20-24-33)29-15-11-27(12-16-29)28-13-17-30(18-14-28)32-21-25-36(26-22-32)38(34-7-3-1-4-8-34)35-9-5-2-6-10-35/h1-33H;1-28H;1-26H. The van der Waals surface area contributed by atoms with E-state index in [1.165, 1.54) is 143 Å². The van der Waals surface area contributed by atoms with Gasteiger partial charge in [-0.1, -0.05) is 412 Å². The molecule has 23 aromatic rings. The first-order valence-corrected chi connectivity index (χ1v) is 47.2. The molecule has 23 rings (SSSR count). The minimum Gasteiger partial charge on any atom is -0.311 e. The molecule has 0 saturated heterocycles. The maximum absolute atomic E-state index is 3.78. The van der Waals surface area contributed by atoms with Gasteiger partial charge in [0.15, 0.2) is 0 Å². The van der Waals surface area contributed by atoms with Crippen molar-refractivity contribution in [3.05, 3.63) is 541 Å². The van der Waals surface area contributed by atoms with Crippen LogP contribution in [0.4, 0.5) is 51.2 Å². The number of hydrogen-bond acceptors (Lipinski definition) is 3. The van der Waals surface area contributed by atoms with Gasteiger partial charge >= 0.3 is 0 Å². The Bertz CT molecular complexity index is 7950. The molecule has 1 heterocycles. The van der Waals surface area contributed by atoms with Gasteiger partial charge in [-0.25, -0.2) is 0 Å². The largest absolute Gasteiger partial charge is 0.311 e. The highest BCUT2D eigenvalue weighted by Gasteiger charge is 2.25. The Morgan fingerprint density at radius 1 is 0.158 bits per heavy atom. The second kappa shape index (κ2) is 38.5. The van der Waals surface area contributed by atoms with E-state index in [1.807, 2.05) is 0 Å². The first-order chi connectivity index (χ1) is 65.7. The van der Waals surface area contributed by atoms with Crippen LogP contribution in [0.15, 0.2) is 541 Å². The van der Waals surface area contributed by atoms with Gasteiger partial charge in [-0.2, -0.15) is 0 Å². The third kappa shape index (κ3) is 17.8. The number of rotatable bonds is 18. The Morgan fingerprint density at radius 2 is 0.451 bits per heavy atom. The lowest BCUT2D eigenvalue weighted by atomic mass is 9.85. The van der Waals surface area contributed by atoms with Crippen LogP contribution in [-0.2, 0) is 0 Å². The molecule has 7 heteroatoms. The van der Waals surface area contributed by atoms with E-state index in [4.69, 9.17) is 0 Å². The summed E-state index contributed by atoms with van der Waals surface area (Å²) in [6, 6.07) is 189. The molecule has 4 nitrogen and oxygen atoms in total. The van der Waals surface area contributed by atoms with Gasteiger partial charge in [0.1, 0.15) is 0 Å². The molecule has 0 fully saturated rings. The summed E-state index contributed by atoms with van der Waals surface area (Å²) in [5.41, 5.74) is 33.0. The van der Waals surface area contributed by atoms with Crippen LogP contribution in [0.5, 0.6) is 0 Å². The summed E-state index contributed by atoms with van der Waals surface area (Å²) in [5.74, 6) is 0. The highest BCUT2D eigenvalue weighted by atomic mass is 79.9. The second-order valence-electron chi connectivity index (χ2n) is 33.0. The van der Waals surface area contributed by atoms with Gasteiger partial charge in [0, 0.05) is 75.1 Å². The molecule has 133 heavy (non-hydrogen) atoms. The zero-order valence-electron chi connectivity index (χ0n) is 72.7. The van der Waals surface area contributed by atoms with Crippen LogP contribution >= 0.6 is 47.8 Å². The Balaban J connectivity index is 0.000000121. The summed E-state index contributed by atoms with van der Waals surface area (Å²) < 4.78 is 5.63. The highest BCUT2D eigenvalue weighted by molar-refractivity contribution is 9.11. The van der Waals surface area contributed by atoms with E-state index < -0.39 is 0 Å². The highest BCUT2D eigenvalue weighted by Crippen LogP contribution is 2.50. The number of benzene rings is 22. The molecule has 0 radical (unpaired) electrons. The lowest BCUT2D eigenvalue weighted by Gasteiger charge is -2.28. The number of aromatic nitrogens is 1. The third-order valence-electron chi connectivity index (χ3n) is 24.9. The molecule has 0 bridgehead atoms. The van der Waals surface area contributed by atoms with Gasteiger partial charge in [0.25, 0.3) is 0 Å². The SMILES string of the molecule is Brc1ccc(-c2ccc(-c3ccc(-c4ccc(N(c5ccccc5)c5ccccc5)cc4)cc3)cc2)cc1.Brc1ccc(-c2cccc(-c3ccc(N(c4ccc(-c5ccccc5)cc4)c4cccc5c4c4ccccc4n5-c4ccccc4)cc3)c2)cc1.Brc1ccc2c(-c3ccccc3)c3cc(N(c4ccccc4)c4cccc5ccccc45)ccc3c(-c3ccccc3)c2c1. The predicted octanol–water partition coefficient (Wildman–Crippen LogP) is 37.6. The normalized spacial score (nSPS) is 11.1. The molecule has 632 valence electrons.